The lowest BCUT2D eigenvalue weighted by molar-refractivity contribution is 0.225. The fraction of sp³-hybridized carbons (Fsp3) is 0.308. The Balaban J connectivity index is 0.00000253. The average molecular weight is 499 g/mol. The highest BCUT2D eigenvalue weighted by atomic mass is 35.5. The molecule has 0 saturated carbocycles. The smallest absolute Gasteiger partial charge is 0.259 e. The Morgan fingerprint density at radius 3 is 2.80 bits per heavy atom. The third-order valence-corrected chi connectivity index (χ3v) is 7.09. The van der Waals surface area contributed by atoms with Crippen LogP contribution >= 0.6 is 12.4 Å². The monoisotopic (exact) mass is 498 g/mol. The predicted octanol–water partition coefficient (Wildman–Crippen LogP) is 4.52. The molecule has 35 heavy (non-hydrogen) atoms. The van der Waals surface area contributed by atoms with E-state index in [1.54, 1.807) is 12.3 Å². The quantitative estimate of drug-likeness (QED) is 0.415. The number of aromatic nitrogens is 3. The molecule has 1 saturated heterocycles. The van der Waals surface area contributed by atoms with Crippen LogP contribution in [0, 0.1) is 11.6 Å². The van der Waals surface area contributed by atoms with E-state index in [0.29, 0.717) is 17.6 Å². The summed E-state index contributed by atoms with van der Waals surface area (Å²) in [4.78, 5) is 20.2. The van der Waals surface area contributed by atoms with Crippen LogP contribution in [0.2, 0.25) is 0 Å². The van der Waals surface area contributed by atoms with Crippen molar-refractivity contribution in [3.8, 4) is 11.6 Å². The second-order valence-corrected chi connectivity index (χ2v) is 9.09. The van der Waals surface area contributed by atoms with Gasteiger partial charge in [0.25, 0.3) is 5.56 Å². The maximum absolute atomic E-state index is 13.8. The van der Waals surface area contributed by atoms with Gasteiger partial charge in [0.05, 0.1) is 0 Å². The van der Waals surface area contributed by atoms with E-state index in [-0.39, 0.29) is 30.1 Å². The second-order valence-electron chi connectivity index (χ2n) is 9.09. The zero-order valence-corrected chi connectivity index (χ0v) is 20.0. The lowest BCUT2D eigenvalue weighted by atomic mass is 9.99. The molecule has 0 radical (unpaired) electrons. The van der Waals surface area contributed by atoms with Gasteiger partial charge in [0, 0.05) is 61.0 Å². The normalized spacial score (nSPS) is 17.2. The molecule has 3 aromatic heterocycles. The number of halogens is 3. The van der Waals surface area contributed by atoms with Crippen molar-refractivity contribution in [3.63, 3.8) is 0 Å². The number of nitrogens with zero attached hydrogens (tertiary/aromatic N) is 4. The molecular weight excluding hydrogens is 474 g/mol. The number of hydrogen-bond acceptors (Lipinski definition) is 4. The Kier molecular flexibility index (Phi) is 6.11. The zero-order valence-electron chi connectivity index (χ0n) is 19.2. The first-order valence-corrected chi connectivity index (χ1v) is 11.5. The molecule has 9 heteroatoms. The van der Waals surface area contributed by atoms with Crippen LogP contribution < -0.4 is 10.3 Å². The standard InChI is InChI=1S/C26H24F2N4O2.ClH/c1-30-23-12-18-3-2-9-31(18)14-21(23)20-6-7-24(29-26(20)30)32-10-8-19(13-25(32)33)34-15-16-4-5-17(27)11-22(16)28;/h4-8,10-11,13,18H,2-3,9,12,14-15H2,1H3;1H. The molecule has 0 aliphatic carbocycles. The van der Waals surface area contributed by atoms with Crippen LogP contribution in [-0.2, 0) is 26.6 Å². The first-order valence-electron chi connectivity index (χ1n) is 11.5. The van der Waals surface area contributed by atoms with Crippen LogP contribution in [0.1, 0.15) is 29.7 Å². The summed E-state index contributed by atoms with van der Waals surface area (Å²) in [5.41, 5.74) is 3.47. The predicted molar refractivity (Wildman–Crippen MR) is 131 cm³/mol. The van der Waals surface area contributed by atoms with Crippen molar-refractivity contribution in [1.82, 2.24) is 19.0 Å². The third-order valence-electron chi connectivity index (χ3n) is 7.09. The van der Waals surface area contributed by atoms with Gasteiger partial charge in [-0.3, -0.25) is 14.3 Å². The van der Waals surface area contributed by atoms with E-state index in [1.165, 1.54) is 46.9 Å². The highest BCUT2D eigenvalue weighted by Gasteiger charge is 2.33. The molecule has 4 aromatic rings. The first kappa shape index (κ1) is 23.5. The van der Waals surface area contributed by atoms with Crippen molar-refractivity contribution < 1.29 is 13.5 Å². The number of ether oxygens (including phenoxy) is 1. The van der Waals surface area contributed by atoms with E-state index >= 15 is 0 Å². The van der Waals surface area contributed by atoms with Crippen molar-refractivity contribution in [1.29, 1.82) is 0 Å². The number of aryl methyl sites for hydroxylation is 1. The number of rotatable bonds is 4. The molecule has 6 rings (SSSR count). The van der Waals surface area contributed by atoms with E-state index in [0.717, 1.165) is 36.6 Å². The van der Waals surface area contributed by atoms with Gasteiger partial charge in [-0.1, -0.05) is 0 Å². The van der Waals surface area contributed by atoms with Gasteiger partial charge >= 0.3 is 0 Å². The van der Waals surface area contributed by atoms with E-state index in [9.17, 15) is 13.6 Å². The lowest BCUT2D eigenvalue weighted by Gasteiger charge is -2.30. The maximum Gasteiger partial charge on any atom is 0.259 e. The molecule has 1 unspecified atom stereocenters. The van der Waals surface area contributed by atoms with Gasteiger partial charge in [0.1, 0.15) is 35.5 Å². The molecule has 0 spiro atoms. The number of pyridine rings is 2. The van der Waals surface area contributed by atoms with Crippen molar-refractivity contribution in [2.45, 2.75) is 38.5 Å². The summed E-state index contributed by atoms with van der Waals surface area (Å²) >= 11 is 0. The van der Waals surface area contributed by atoms with Crippen molar-refractivity contribution in [2.24, 2.45) is 7.05 Å². The van der Waals surface area contributed by atoms with Gasteiger partial charge in [-0.05, 0) is 55.3 Å². The SMILES string of the molecule is Cl.Cn1c2c(c3ccc(-n4ccc(OCc5ccc(F)cc5F)cc4=O)nc31)CN1CCCC1C2. The molecule has 1 aromatic carbocycles. The van der Waals surface area contributed by atoms with Gasteiger partial charge < -0.3 is 9.30 Å². The van der Waals surface area contributed by atoms with Crippen molar-refractivity contribution >= 4 is 23.4 Å². The summed E-state index contributed by atoms with van der Waals surface area (Å²) in [6.07, 6.45) is 5.15. The summed E-state index contributed by atoms with van der Waals surface area (Å²) < 4.78 is 36.1. The highest BCUT2D eigenvalue weighted by Crippen LogP contribution is 2.35. The Morgan fingerprint density at radius 1 is 1.14 bits per heavy atom. The lowest BCUT2D eigenvalue weighted by Crippen LogP contribution is -2.35. The zero-order chi connectivity index (χ0) is 23.4. The fourth-order valence-electron chi connectivity index (χ4n) is 5.29. The summed E-state index contributed by atoms with van der Waals surface area (Å²) in [6, 6.07) is 10.8. The molecule has 1 fully saturated rings. The fourth-order valence-corrected chi connectivity index (χ4v) is 5.29. The van der Waals surface area contributed by atoms with Gasteiger partial charge in [-0.15, -0.1) is 12.4 Å². The van der Waals surface area contributed by atoms with Crippen LogP contribution in [0.3, 0.4) is 0 Å². The maximum atomic E-state index is 13.8. The molecule has 2 aliphatic heterocycles. The molecule has 0 bridgehead atoms. The van der Waals surface area contributed by atoms with Gasteiger partial charge in [-0.25, -0.2) is 13.8 Å². The molecule has 1 atom stereocenters. The van der Waals surface area contributed by atoms with E-state index in [1.807, 2.05) is 6.07 Å². The Labute approximate surface area is 207 Å². The summed E-state index contributed by atoms with van der Waals surface area (Å²) in [5.74, 6) is -0.489. The van der Waals surface area contributed by atoms with Crippen molar-refractivity contribution in [3.05, 3.63) is 87.5 Å². The molecule has 2 aliphatic rings. The summed E-state index contributed by atoms with van der Waals surface area (Å²) in [6.45, 7) is 2.01. The topological polar surface area (TPSA) is 52.3 Å². The average Bonchev–Trinajstić information content (AvgIpc) is 3.39. The highest BCUT2D eigenvalue weighted by molar-refractivity contribution is 5.85. The summed E-state index contributed by atoms with van der Waals surface area (Å²) in [7, 11) is 2.05. The third kappa shape index (κ3) is 4.10. The molecule has 6 nitrogen and oxygen atoms in total. The van der Waals surface area contributed by atoms with Gasteiger partial charge in [0.2, 0.25) is 0 Å². The molecule has 5 heterocycles. The molecule has 0 N–H and O–H groups in total. The largest absolute Gasteiger partial charge is 0.489 e. The van der Waals surface area contributed by atoms with E-state index < -0.39 is 11.6 Å². The van der Waals surface area contributed by atoms with Crippen molar-refractivity contribution in [2.75, 3.05) is 6.54 Å². The van der Waals surface area contributed by atoms with E-state index in [2.05, 4.69) is 22.6 Å². The number of hydrogen-bond donors (Lipinski definition) is 0. The second kappa shape index (κ2) is 9.09. The Bertz CT molecular complexity index is 1480. The first-order chi connectivity index (χ1) is 16.5. The van der Waals surface area contributed by atoms with Crippen LogP contribution in [0.5, 0.6) is 5.75 Å². The molecule has 0 amide bonds. The van der Waals surface area contributed by atoms with Gasteiger partial charge in [0.15, 0.2) is 0 Å². The van der Waals surface area contributed by atoms with Crippen LogP contribution in [0.4, 0.5) is 8.78 Å². The Morgan fingerprint density at radius 2 is 2.00 bits per heavy atom. The Hall–Kier alpha value is -3.23. The molecular formula is C26H25ClF2N4O2. The van der Waals surface area contributed by atoms with Gasteiger partial charge in [-0.2, -0.15) is 0 Å². The van der Waals surface area contributed by atoms with E-state index in [4.69, 9.17) is 9.72 Å². The minimum Gasteiger partial charge on any atom is -0.489 e. The minimum absolute atomic E-state index is 0. The number of fused-ring (bicyclic) bond motifs is 4. The van der Waals surface area contributed by atoms with Crippen LogP contribution in [0.15, 0.2) is 53.5 Å². The number of benzene rings is 1. The minimum atomic E-state index is -0.684. The molecule has 182 valence electrons. The van der Waals surface area contributed by atoms with Crippen LogP contribution in [0.25, 0.3) is 16.9 Å². The summed E-state index contributed by atoms with van der Waals surface area (Å²) in [5, 5.41) is 1.14. The van der Waals surface area contributed by atoms with Crippen LogP contribution in [-0.4, -0.2) is 31.6 Å².